The first-order valence-electron chi connectivity index (χ1n) is 6.45. The molecule has 0 aliphatic carbocycles. The Bertz CT molecular complexity index is 666. The largest absolute Gasteiger partial charge is 0.448 e. The minimum atomic E-state index is -3.72. The predicted octanol–water partition coefficient (Wildman–Crippen LogP) is 0.679. The third-order valence-corrected chi connectivity index (χ3v) is 4.56. The molecule has 1 heterocycles. The highest BCUT2D eigenvalue weighted by molar-refractivity contribution is 7.89. The van der Waals surface area contributed by atoms with Crippen molar-refractivity contribution in [3.05, 3.63) is 29.8 Å². The van der Waals surface area contributed by atoms with Crippen molar-refractivity contribution >= 4 is 16.1 Å². The molecule has 0 saturated carbocycles. The smallest absolute Gasteiger partial charge is 0.409 e. The molecule has 1 aliphatic heterocycles. The summed E-state index contributed by atoms with van der Waals surface area (Å²) >= 11 is 0. The van der Waals surface area contributed by atoms with Crippen LogP contribution < -0.4 is 4.72 Å². The fourth-order valence-electron chi connectivity index (χ4n) is 1.98. The van der Waals surface area contributed by atoms with Gasteiger partial charge in [-0.15, -0.1) is 0 Å². The van der Waals surface area contributed by atoms with E-state index >= 15 is 0 Å². The van der Waals surface area contributed by atoms with Gasteiger partial charge in [0, 0.05) is 13.1 Å². The summed E-state index contributed by atoms with van der Waals surface area (Å²) in [6, 6.07) is 7.87. The van der Waals surface area contributed by atoms with Crippen LogP contribution in [-0.4, -0.2) is 45.7 Å². The maximum Gasteiger partial charge on any atom is 0.409 e. The molecule has 0 bridgehead atoms. The quantitative estimate of drug-likeness (QED) is 0.779. The van der Waals surface area contributed by atoms with Crippen LogP contribution in [0.5, 0.6) is 0 Å². The Balaban J connectivity index is 1.90. The zero-order valence-electron chi connectivity index (χ0n) is 11.3. The van der Waals surface area contributed by atoms with Gasteiger partial charge < -0.3 is 9.64 Å². The summed E-state index contributed by atoms with van der Waals surface area (Å²) in [5.41, 5.74) is 0.105. The molecule has 0 spiro atoms. The first-order chi connectivity index (χ1) is 10.0. The first-order valence-corrected chi connectivity index (χ1v) is 7.93. The van der Waals surface area contributed by atoms with Gasteiger partial charge >= 0.3 is 6.09 Å². The summed E-state index contributed by atoms with van der Waals surface area (Å²) in [4.78, 5) is 12.7. The minimum absolute atomic E-state index is 0.0342. The molecule has 8 heteroatoms. The Morgan fingerprint density at radius 2 is 2.14 bits per heavy atom. The number of benzene rings is 1. The Labute approximate surface area is 123 Å². The van der Waals surface area contributed by atoms with E-state index in [9.17, 15) is 13.2 Å². The van der Waals surface area contributed by atoms with Gasteiger partial charge in [-0.3, -0.25) is 0 Å². The van der Waals surface area contributed by atoms with Crippen molar-refractivity contribution in [1.29, 1.82) is 5.26 Å². The summed E-state index contributed by atoms with van der Waals surface area (Å²) in [5.74, 6) is 0. The van der Waals surface area contributed by atoms with Crippen LogP contribution in [0.3, 0.4) is 0 Å². The molecule has 0 unspecified atom stereocenters. The molecule has 2 rings (SSSR count). The molecule has 0 radical (unpaired) electrons. The Kier molecular flexibility index (Phi) is 4.77. The lowest BCUT2D eigenvalue weighted by atomic mass is 10.2. The number of carbonyl (C=O) groups excluding carboxylic acids is 1. The van der Waals surface area contributed by atoms with Gasteiger partial charge in [0.1, 0.15) is 12.7 Å². The van der Waals surface area contributed by atoms with E-state index in [2.05, 4.69) is 4.72 Å². The highest BCUT2D eigenvalue weighted by atomic mass is 32.2. The number of rotatable bonds is 6. The lowest BCUT2D eigenvalue weighted by molar-refractivity contribution is 0.158. The van der Waals surface area contributed by atoms with Crippen molar-refractivity contribution in [1.82, 2.24) is 9.62 Å². The topological polar surface area (TPSA) is 99.5 Å². The van der Waals surface area contributed by atoms with Crippen molar-refractivity contribution in [2.45, 2.75) is 11.3 Å². The van der Waals surface area contributed by atoms with Crippen LogP contribution in [0.15, 0.2) is 29.2 Å². The molecule has 1 amide bonds. The molecule has 0 atom stereocenters. The number of cyclic esters (lactones) is 1. The minimum Gasteiger partial charge on any atom is -0.448 e. The van der Waals surface area contributed by atoms with Crippen LogP contribution in [0, 0.1) is 11.3 Å². The van der Waals surface area contributed by atoms with Gasteiger partial charge in [0.2, 0.25) is 10.0 Å². The van der Waals surface area contributed by atoms with Crippen molar-refractivity contribution < 1.29 is 17.9 Å². The van der Waals surface area contributed by atoms with E-state index in [0.29, 0.717) is 26.1 Å². The zero-order valence-corrected chi connectivity index (χ0v) is 12.1. The van der Waals surface area contributed by atoms with Crippen LogP contribution in [-0.2, 0) is 14.8 Å². The van der Waals surface area contributed by atoms with Crippen LogP contribution in [0.25, 0.3) is 0 Å². The van der Waals surface area contributed by atoms with Crippen LogP contribution >= 0.6 is 0 Å². The SMILES string of the molecule is N#Cc1ccccc1S(=O)(=O)NCCCN1CCOC1=O. The number of ether oxygens (including phenoxy) is 1. The molecule has 1 aliphatic rings. The summed E-state index contributed by atoms with van der Waals surface area (Å²) in [7, 11) is -3.72. The van der Waals surface area contributed by atoms with Gasteiger partial charge in [-0.05, 0) is 18.6 Å². The number of nitrogens with zero attached hydrogens (tertiary/aromatic N) is 2. The van der Waals surface area contributed by atoms with E-state index in [1.165, 1.54) is 17.0 Å². The average Bonchev–Trinajstić information content (AvgIpc) is 2.89. The van der Waals surface area contributed by atoms with Crippen molar-refractivity contribution in [3.63, 3.8) is 0 Å². The van der Waals surface area contributed by atoms with Crippen LogP contribution in [0.4, 0.5) is 4.79 Å². The number of amides is 1. The van der Waals surface area contributed by atoms with Gasteiger partial charge in [-0.25, -0.2) is 17.9 Å². The number of sulfonamides is 1. The number of nitriles is 1. The zero-order chi connectivity index (χ0) is 15.3. The summed E-state index contributed by atoms with van der Waals surface area (Å²) in [5, 5.41) is 8.93. The Hall–Kier alpha value is -2.11. The standard InChI is InChI=1S/C13H15N3O4S/c14-10-11-4-1-2-5-12(11)21(18,19)15-6-3-7-16-8-9-20-13(16)17/h1-2,4-5,15H,3,6-9H2. The van der Waals surface area contributed by atoms with Crippen molar-refractivity contribution in [2.24, 2.45) is 0 Å². The van der Waals surface area contributed by atoms with Gasteiger partial charge in [-0.2, -0.15) is 5.26 Å². The summed E-state index contributed by atoms with van der Waals surface area (Å²) < 4.78 is 31.4. The van der Waals surface area contributed by atoms with Gasteiger partial charge in [0.05, 0.1) is 17.0 Å². The summed E-state index contributed by atoms with van der Waals surface area (Å²) in [6.45, 7) is 1.52. The highest BCUT2D eigenvalue weighted by Gasteiger charge is 2.22. The number of hydrogen-bond donors (Lipinski definition) is 1. The predicted molar refractivity (Wildman–Crippen MR) is 73.9 cm³/mol. The normalized spacial score (nSPS) is 14.8. The molecular weight excluding hydrogens is 294 g/mol. The number of hydrogen-bond acceptors (Lipinski definition) is 5. The second-order valence-electron chi connectivity index (χ2n) is 4.46. The van der Waals surface area contributed by atoms with E-state index in [1.807, 2.05) is 6.07 Å². The third kappa shape index (κ3) is 3.71. The second kappa shape index (κ2) is 6.56. The van der Waals surface area contributed by atoms with E-state index < -0.39 is 10.0 Å². The molecule has 1 N–H and O–H groups in total. The molecule has 21 heavy (non-hydrogen) atoms. The van der Waals surface area contributed by atoms with E-state index in [0.717, 1.165) is 0 Å². The molecular formula is C13H15N3O4S. The second-order valence-corrected chi connectivity index (χ2v) is 6.20. The number of nitrogens with one attached hydrogen (secondary N) is 1. The molecule has 112 valence electrons. The fraction of sp³-hybridized carbons (Fsp3) is 0.385. The Morgan fingerprint density at radius 1 is 1.38 bits per heavy atom. The molecule has 1 aromatic carbocycles. The molecule has 0 aromatic heterocycles. The van der Waals surface area contributed by atoms with Gasteiger partial charge in [0.15, 0.2) is 0 Å². The monoisotopic (exact) mass is 309 g/mol. The van der Waals surface area contributed by atoms with E-state index in [-0.39, 0.29) is 23.1 Å². The van der Waals surface area contributed by atoms with Crippen molar-refractivity contribution in [3.8, 4) is 6.07 Å². The molecule has 1 fully saturated rings. The van der Waals surface area contributed by atoms with E-state index in [4.69, 9.17) is 10.00 Å². The van der Waals surface area contributed by atoms with Gasteiger partial charge in [0.25, 0.3) is 0 Å². The lowest BCUT2D eigenvalue weighted by Crippen LogP contribution is -2.30. The van der Waals surface area contributed by atoms with Gasteiger partial charge in [-0.1, -0.05) is 12.1 Å². The first kappa shape index (κ1) is 15.3. The Morgan fingerprint density at radius 3 is 2.81 bits per heavy atom. The maximum absolute atomic E-state index is 12.1. The highest BCUT2D eigenvalue weighted by Crippen LogP contribution is 2.14. The summed E-state index contributed by atoms with van der Waals surface area (Å²) in [6.07, 6.45) is 0.107. The lowest BCUT2D eigenvalue weighted by Gasteiger charge is -2.12. The van der Waals surface area contributed by atoms with Crippen LogP contribution in [0.2, 0.25) is 0 Å². The average molecular weight is 309 g/mol. The van der Waals surface area contributed by atoms with E-state index in [1.54, 1.807) is 12.1 Å². The molecule has 7 nitrogen and oxygen atoms in total. The molecule has 1 aromatic rings. The fourth-order valence-corrected chi connectivity index (χ4v) is 3.21. The third-order valence-electron chi connectivity index (χ3n) is 3.04. The maximum atomic E-state index is 12.1. The van der Waals surface area contributed by atoms with Crippen molar-refractivity contribution in [2.75, 3.05) is 26.2 Å². The number of carbonyl (C=O) groups is 1. The van der Waals surface area contributed by atoms with Crippen LogP contribution in [0.1, 0.15) is 12.0 Å². The molecule has 1 saturated heterocycles.